The summed E-state index contributed by atoms with van der Waals surface area (Å²) in [6.07, 6.45) is 0. The van der Waals surface area contributed by atoms with Crippen LogP contribution in [0.4, 0.5) is 17.1 Å². The summed E-state index contributed by atoms with van der Waals surface area (Å²) in [7, 11) is 0. The zero-order valence-corrected chi connectivity index (χ0v) is 25.8. The van der Waals surface area contributed by atoms with E-state index in [2.05, 4.69) is 193 Å². The number of hydrogen-bond donors (Lipinski definition) is 0. The van der Waals surface area contributed by atoms with Crippen LogP contribution in [-0.2, 0) is 0 Å². The van der Waals surface area contributed by atoms with Gasteiger partial charge in [0.15, 0.2) is 0 Å². The minimum atomic E-state index is 1.11. The van der Waals surface area contributed by atoms with Gasteiger partial charge >= 0.3 is 0 Å². The highest BCUT2D eigenvalue weighted by Crippen LogP contribution is 2.48. The van der Waals surface area contributed by atoms with Gasteiger partial charge in [0.1, 0.15) is 0 Å². The van der Waals surface area contributed by atoms with Gasteiger partial charge in [-0.05, 0) is 84.7 Å². The molecule has 9 aromatic carbocycles. The molecule has 1 heteroatoms. The largest absolute Gasteiger partial charge is 0.309 e. The van der Waals surface area contributed by atoms with Crippen molar-refractivity contribution in [3.8, 4) is 22.3 Å². The number of anilines is 3. The molecule has 9 rings (SSSR count). The van der Waals surface area contributed by atoms with Crippen LogP contribution in [0, 0.1) is 0 Å². The second kappa shape index (κ2) is 11.3. The molecule has 220 valence electrons. The quantitative estimate of drug-likeness (QED) is 0.178. The molecular weight excluding hydrogens is 567 g/mol. The Morgan fingerprint density at radius 3 is 1.72 bits per heavy atom. The van der Waals surface area contributed by atoms with Crippen LogP contribution in [-0.4, -0.2) is 0 Å². The van der Waals surface area contributed by atoms with Crippen molar-refractivity contribution in [2.45, 2.75) is 0 Å². The number of fused-ring (bicyclic) bond motifs is 5. The number of hydrogen-bond acceptors (Lipinski definition) is 1. The molecule has 0 bridgehead atoms. The summed E-state index contributed by atoms with van der Waals surface area (Å²) in [5.41, 5.74) is 8.22. The maximum absolute atomic E-state index is 2.48. The SMILES string of the molecule is c1ccc(-c2cccc(N(c3ccc4ccccc4c3-c3ccc4ccccc4c3)c3cc4ccccc4c4ccccc34)c2)cc1. The van der Waals surface area contributed by atoms with Gasteiger partial charge in [0.25, 0.3) is 0 Å². The van der Waals surface area contributed by atoms with E-state index in [-0.39, 0.29) is 0 Å². The molecule has 0 radical (unpaired) electrons. The van der Waals surface area contributed by atoms with Crippen LogP contribution in [0.5, 0.6) is 0 Å². The van der Waals surface area contributed by atoms with Gasteiger partial charge in [-0.1, -0.05) is 158 Å². The van der Waals surface area contributed by atoms with Crippen LogP contribution in [0.15, 0.2) is 188 Å². The van der Waals surface area contributed by atoms with Crippen LogP contribution >= 0.6 is 0 Å². The summed E-state index contributed by atoms with van der Waals surface area (Å²) >= 11 is 0. The van der Waals surface area contributed by atoms with E-state index in [4.69, 9.17) is 0 Å². The molecule has 0 saturated heterocycles. The molecule has 1 nitrogen and oxygen atoms in total. The zero-order chi connectivity index (χ0) is 31.2. The Morgan fingerprint density at radius 2 is 0.894 bits per heavy atom. The first kappa shape index (κ1) is 27.2. The van der Waals surface area contributed by atoms with E-state index in [1.165, 1.54) is 65.3 Å². The summed E-state index contributed by atoms with van der Waals surface area (Å²) in [6.45, 7) is 0. The Kier molecular flexibility index (Phi) is 6.54. The third kappa shape index (κ3) is 4.72. The van der Waals surface area contributed by atoms with Crippen LogP contribution in [0.1, 0.15) is 0 Å². The number of rotatable bonds is 5. The third-order valence-corrected chi connectivity index (χ3v) is 9.38. The average Bonchev–Trinajstić information content (AvgIpc) is 3.15. The van der Waals surface area contributed by atoms with Crippen molar-refractivity contribution in [2.24, 2.45) is 0 Å². The second-order valence-electron chi connectivity index (χ2n) is 12.2. The molecule has 0 spiro atoms. The van der Waals surface area contributed by atoms with Crippen LogP contribution in [0.2, 0.25) is 0 Å². The molecule has 0 aromatic heterocycles. The molecule has 0 aliphatic carbocycles. The smallest absolute Gasteiger partial charge is 0.0546 e. The maximum atomic E-state index is 2.48. The Balaban J connectivity index is 1.40. The van der Waals surface area contributed by atoms with Gasteiger partial charge in [0, 0.05) is 16.6 Å². The van der Waals surface area contributed by atoms with E-state index >= 15 is 0 Å². The van der Waals surface area contributed by atoms with Crippen molar-refractivity contribution in [3.63, 3.8) is 0 Å². The highest BCUT2D eigenvalue weighted by Gasteiger charge is 2.22. The molecule has 0 amide bonds. The summed E-state index contributed by atoms with van der Waals surface area (Å²) in [5.74, 6) is 0. The van der Waals surface area contributed by atoms with E-state index in [1.54, 1.807) is 0 Å². The molecule has 0 atom stereocenters. The Hall–Kier alpha value is -6.18. The molecular formula is C46H31N. The van der Waals surface area contributed by atoms with E-state index in [0.717, 1.165) is 17.1 Å². The van der Waals surface area contributed by atoms with Gasteiger partial charge in [-0.3, -0.25) is 0 Å². The van der Waals surface area contributed by atoms with Crippen molar-refractivity contribution in [1.29, 1.82) is 0 Å². The minimum absolute atomic E-state index is 1.11. The Morgan fingerprint density at radius 1 is 0.277 bits per heavy atom. The molecule has 47 heavy (non-hydrogen) atoms. The molecule has 0 N–H and O–H groups in total. The summed E-state index contributed by atoms with van der Waals surface area (Å²) in [6, 6.07) is 68.4. The Labute approximate surface area is 274 Å². The van der Waals surface area contributed by atoms with Crippen LogP contribution < -0.4 is 4.90 Å². The fourth-order valence-electron chi connectivity index (χ4n) is 7.18. The first-order valence-electron chi connectivity index (χ1n) is 16.2. The van der Waals surface area contributed by atoms with E-state index < -0.39 is 0 Å². The standard InChI is InChI=1S/C46H31N/c1-2-13-32(14-3-1)36-19-12-20-39(30-36)47(45-31-37-18-7-8-21-40(37)42-23-10-11-24-43(42)45)44-28-27-34-16-6-9-22-41(34)46(44)38-26-25-33-15-4-5-17-35(33)29-38/h1-31H. The van der Waals surface area contributed by atoms with Crippen molar-refractivity contribution in [3.05, 3.63) is 188 Å². The van der Waals surface area contributed by atoms with Crippen molar-refractivity contribution < 1.29 is 0 Å². The molecule has 0 aliphatic heterocycles. The highest BCUT2D eigenvalue weighted by molar-refractivity contribution is 6.16. The fourth-order valence-corrected chi connectivity index (χ4v) is 7.18. The normalized spacial score (nSPS) is 11.4. The van der Waals surface area contributed by atoms with E-state index in [0.29, 0.717) is 0 Å². The van der Waals surface area contributed by atoms with E-state index in [1.807, 2.05) is 0 Å². The third-order valence-electron chi connectivity index (χ3n) is 9.38. The van der Waals surface area contributed by atoms with Gasteiger partial charge < -0.3 is 4.90 Å². The predicted octanol–water partition coefficient (Wildman–Crippen LogP) is 13.1. The lowest BCUT2D eigenvalue weighted by Gasteiger charge is -2.30. The van der Waals surface area contributed by atoms with Gasteiger partial charge in [-0.15, -0.1) is 0 Å². The molecule has 0 saturated carbocycles. The van der Waals surface area contributed by atoms with Gasteiger partial charge in [0.05, 0.1) is 11.4 Å². The summed E-state index contributed by atoms with van der Waals surface area (Å²) in [5, 5.41) is 9.88. The maximum Gasteiger partial charge on any atom is 0.0546 e. The van der Waals surface area contributed by atoms with Gasteiger partial charge in [-0.2, -0.15) is 0 Å². The van der Waals surface area contributed by atoms with Gasteiger partial charge in [0.2, 0.25) is 0 Å². The molecule has 0 aliphatic rings. The lowest BCUT2D eigenvalue weighted by atomic mass is 9.92. The molecule has 9 aromatic rings. The fraction of sp³-hybridized carbons (Fsp3) is 0. The first-order valence-corrected chi connectivity index (χ1v) is 16.2. The number of nitrogens with zero attached hydrogens (tertiary/aromatic N) is 1. The molecule has 0 heterocycles. The van der Waals surface area contributed by atoms with Crippen molar-refractivity contribution in [2.75, 3.05) is 4.90 Å². The number of benzene rings is 9. The second-order valence-corrected chi connectivity index (χ2v) is 12.2. The van der Waals surface area contributed by atoms with Crippen molar-refractivity contribution in [1.82, 2.24) is 0 Å². The van der Waals surface area contributed by atoms with Crippen LogP contribution in [0.25, 0.3) is 65.3 Å². The monoisotopic (exact) mass is 597 g/mol. The molecule has 0 unspecified atom stereocenters. The first-order chi connectivity index (χ1) is 23.3. The zero-order valence-electron chi connectivity index (χ0n) is 25.8. The predicted molar refractivity (Wildman–Crippen MR) is 202 cm³/mol. The Bertz CT molecular complexity index is 2580. The lowest BCUT2D eigenvalue weighted by molar-refractivity contribution is 1.31. The minimum Gasteiger partial charge on any atom is -0.309 e. The lowest BCUT2D eigenvalue weighted by Crippen LogP contribution is -2.12. The topological polar surface area (TPSA) is 3.24 Å². The van der Waals surface area contributed by atoms with Crippen molar-refractivity contribution >= 4 is 60.2 Å². The van der Waals surface area contributed by atoms with E-state index in [9.17, 15) is 0 Å². The van der Waals surface area contributed by atoms with Gasteiger partial charge in [-0.25, -0.2) is 0 Å². The summed E-state index contributed by atoms with van der Waals surface area (Å²) < 4.78 is 0. The molecule has 0 fully saturated rings. The van der Waals surface area contributed by atoms with Crippen LogP contribution in [0.3, 0.4) is 0 Å². The highest BCUT2D eigenvalue weighted by atomic mass is 15.1. The average molecular weight is 598 g/mol. The summed E-state index contributed by atoms with van der Waals surface area (Å²) in [4.78, 5) is 2.48.